The van der Waals surface area contributed by atoms with Crippen molar-refractivity contribution < 1.29 is 4.74 Å². The van der Waals surface area contributed by atoms with Crippen molar-refractivity contribution in [1.82, 2.24) is 19.6 Å². The largest absolute Gasteiger partial charge is 0.381 e. The zero-order chi connectivity index (χ0) is 14.2. The van der Waals surface area contributed by atoms with Gasteiger partial charge in [-0.25, -0.2) is 4.68 Å². The van der Waals surface area contributed by atoms with Gasteiger partial charge in [-0.2, -0.15) is 10.2 Å². The van der Waals surface area contributed by atoms with E-state index in [9.17, 15) is 0 Å². The average Bonchev–Trinajstić information content (AvgIpc) is 3.14. The number of hydrogen-bond donors (Lipinski definition) is 1. The van der Waals surface area contributed by atoms with E-state index in [1.165, 1.54) is 11.3 Å². The third-order valence-electron chi connectivity index (χ3n) is 4.52. The second-order valence-electron chi connectivity index (χ2n) is 5.96. The molecule has 1 atom stereocenters. The van der Waals surface area contributed by atoms with Crippen molar-refractivity contribution in [1.29, 1.82) is 0 Å². The van der Waals surface area contributed by atoms with Gasteiger partial charge < -0.3 is 10.1 Å². The first-order valence-corrected chi connectivity index (χ1v) is 7.71. The Hall–Kier alpha value is -1.82. The second kappa shape index (κ2) is 5.18. The summed E-state index contributed by atoms with van der Waals surface area (Å²) in [5, 5.41) is 12.7. The molecule has 0 saturated carbocycles. The number of aryl methyl sites for hydroxylation is 1. The van der Waals surface area contributed by atoms with Crippen LogP contribution in [0.1, 0.15) is 42.5 Å². The molecule has 1 fully saturated rings. The summed E-state index contributed by atoms with van der Waals surface area (Å²) in [7, 11) is 1.96. The highest BCUT2D eigenvalue weighted by molar-refractivity contribution is 5.42. The number of nitrogens with zero attached hydrogens (tertiary/aromatic N) is 4. The fraction of sp³-hybridized carbons (Fsp3) is 0.600. The molecule has 2 aliphatic rings. The van der Waals surface area contributed by atoms with Crippen LogP contribution in [0.2, 0.25) is 0 Å². The Kier molecular flexibility index (Phi) is 3.18. The first-order valence-electron chi connectivity index (χ1n) is 7.71. The van der Waals surface area contributed by atoms with E-state index in [2.05, 4.69) is 27.4 Å². The Morgan fingerprint density at radius 1 is 1.29 bits per heavy atom. The number of nitrogens with one attached hydrogen (secondary N) is 1. The highest BCUT2D eigenvalue weighted by Crippen LogP contribution is 2.33. The topological polar surface area (TPSA) is 56.9 Å². The lowest BCUT2D eigenvalue weighted by Crippen LogP contribution is -2.24. The molecule has 2 aromatic rings. The number of anilines is 1. The summed E-state index contributed by atoms with van der Waals surface area (Å²) in [6.45, 7) is 2.69. The lowest BCUT2D eigenvalue weighted by atomic mass is 9.97. The normalized spacial score (nSPS) is 22.8. The van der Waals surface area contributed by atoms with Gasteiger partial charge in [-0.15, -0.1) is 0 Å². The predicted molar refractivity (Wildman–Crippen MR) is 79.5 cm³/mol. The molecule has 2 aliphatic heterocycles. The van der Waals surface area contributed by atoms with Gasteiger partial charge >= 0.3 is 0 Å². The molecule has 1 unspecified atom stereocenters. The maximum absolute atomic E-state index is 5.46. The van der Waals surface area contributed by atoms with Crippen molar-refractivity contribution in [3.63, 3.8) is 0 Å². The molecule has 6 heteroatoms. The van der Waals surface area contributed by atoms with Crippen LogP contribution in [-0.4, -0.2) is 39.3 Å². The highest BCUT2D eigenvalue weighted by Gasteiger charge is 2.27. The Labute approximate surface area is 124 Å². The molecule has 0 radical (unpaired) electrons. The number of aromatic nitrogens is 4. The SMILES string of the molecule is Cn1cc(C2CCNc3cc(C4CCOCC4)nn32)cn1. The van der Waals surface area contributed by atoms with Crippen molar-refractivity contribution in [3.8, 4) is 0 Å². The minimum absolute atomic E-state index is 0.295. The summed E-state index contributed by atoms with van der Waals surface area (Å²) in [5.74, 6) is 1.67. The molecular weight excluding hydrogens is 266 g/mol. The third-order valence-corrected chi connectivity index (χ3v) is 4.52. The van der Waals surface area contributed by atoms with Gasteiger partial charge in [0.1, 0.15) is 5.82 Å². The molecule has 0 spiro atoms. The van der Waals surface area contributed by atoms with E-state index >= 15 is 0 Å². The molecule has 112 valence electrons. The van der Waals surface area contributed by atoms with E-state index in [1.807, 2.05) is 17.9 Å². The summed E-state index contributed by atoms with van der Waals surface area (Å²) in [6.07, 6.45) is 7.25. The van der Waals surface area contributed by atoms with Gasteiger partial charge in [0.25, 0.3) is 0 Å². The first-order chi connectivity index (χ1) is 10.3. The zero-order valence-corrected chi connectivity index (χ0v) is 12.3. The van der Waals surface area contributed by atoms with Crippen LogP contribution in [0.25, 0.3) is 0 Å². The van der Waals surface area contributed by atoms with Gasteiger partial charge in [0, 0.05) is 50.6 Å². The number of ether oxygens (including phenoxy) is 1. The quantitative estimate of drug-likeness (QED) is 0.917. The first kappa shape index (κ1) is 12.9. The van der Waals surface area contributed by atoms with Crippen LogP contribution in [0.15, 0.2) is 18.5 Å². The van der Waals surface area contributed by atoms with Crippen molar-refractivity contribution in [3.05, 3.63) is 29.7 Å². The van der Waals surface area contributed by atoms with Gasteiger partial charge in [-0.05, 0) is 19.3 Å². The molecule has 4 heterocycles. The predicted octanol–water partition coefficient (Wildman–Crippen LogP) is 1.92. The van der Waals surface area contributed by atoms with Crippen molar-refractivity contribution >= 4 is 5.82 Å². The van der Waals surface area contributed by atoms with E-state index in [0.717, 1.165) is 44.8 Å². The average molecular weight is 287 g/mol. The molecule has 0 aromatic carbocycles. The van der Waals surface area contributed by atoms with E-state index < -0.39 is 0 Å². The van der Waals surface area contributed by atoms with Crippen molar-refractivity contribution in [2.24, 2.45) is 7.05 Å². The maximum Gasteiger partial charge on any atom is 0.125 e. The monoisotopic (exact) mass is 287 g/mol. The fourth-order valence-electron chi connectivity index (χ4n) is 3.36. The molecule has 2 aromatic heterocycles. The van der Waals surface area contributed by atoms with Gasteiger partial charge in [0.15, 0.2) is 0 Å². The molecule has 21 heavy (non-hydrogen) atoms. The molecule has 1 N–H and O–H groups in total. The standard InChI is InChI=1S/C15H21N5O/c1-19-10-12(9-17-19)14-2-5-16-15-8-13(18-20(14)15)11-3-6-21-7-4-11/h8-11,14,16H,2-7H2,1H3. The fourth-order valence-corrected chi connectivity index (χ4v) is 3.36. The summed E-state index contributed by atoms with van der Waals surface area (Å²) in [6, 6.07) is 2.52. The van der Waals surface area contributed by atoms with Crippen LogP contribution in [-0.2, 0) is 11.8 Å². The van der Waals surface area contributed by atoms with Crippen LogP contribution >= 0.6 is 0 Å². The zero-order valence-electron chi connectivity index (χ0n) is 12.3. The second-order valence-corrected chi connectivity index (χ2v) is 5.96. The van der Waals surface area contributed by atoms with Crippen molar-refractivity contribution in [2.45, 2.75) is 31.2 Å². The molecule has 4 rings (SSSR count). The number of hydrogen-bond acceptors (Lipinski definition) is 4. The Morgan fingerprint density at radius 2 is 2.14 bits per heavy atom. The van der Waals surface area contributed by atoms with Crippen LogP contribution in [0.5, 0.6) is 0 Å². The van der Waals surface area contributed by atoms with Gasteiger partial charge in [-0.3, -0.25) is 4.68 Å². The summed E-state index contributed by atoms with van der Waals surface area (Å²) >= 11 is 0. The van der Waals surface area contributed by atoms with Gasteiger partial charge in [-0.1, -0.05) is 0 Å². The third kappa shape index (κ3) is 2.33. The molecule has 0 bridgehead atoms. The summed E-state index contributed by atoms with van der Waals surface area (Å²) < 4.78 is 9.46. The summed E-state index contributed by atoms with van der Waals surface area (Å²) in [4.78, 5) is 0. The lowest BCUT2D eigenvalue weighted by Gasteiger charge is -2.24. The van der Waals surface area contributed by atoms with Crippen LogP contribution in [0.4, 0.5) is 5.82 Å². The van der Waals surface area contributed by atoms with Crippen LogP contribution < -0.4 is 5.32 Å². The Bertz CT molecular complexity index is 626. The van der Waals surface area contributed by atoms with Crippen molar-refractivity contribution in [2.75, 3.05) is 25.1 Å². The molecule has 0 aliphatic carbocycles. The van der Waals surface area contributed by atoms with E-state index in [-0.39, 0.29) is 0 Å². The molecule has 6 nitrogen and oxygen atoms in total. The van der Waals surface area contributed by atoms with Gasteiger partial charge in [0.05, 0.1) is 17.9 Å². The summed E-state index contributed by atoms with van der Waals surface area (Å²) in [5.41, 5.74) is 2.44. The Balaban J connectivity index is 1.66. The van der Waals surface area contributed by atoms with E-state index in [4.69, 9.17) is 9.84 Å². The van der Waals surface area contributed by atoms with E-state index in [1.54, 1.807) is 0 Å². The minimum Gasteiger partial charge on any atom is -0.381 e. The number of fused-ring (bicyclic) bond motifs is 1. The molecule has 0 amide bonds. The van der Waals surface area contributed by atoms with Crippen LogP contribution in [0, 0.1) is 0 Å². The van der Waals surface area contributed by atoms with Crippen LogP contribution in [0.3, 0.4) is 0 Å². The molecular formula is C15H21N5O. The smallest absolute Gasteiger partial charge is 0.125 e. The number of rotatable bonds is 2. The molecule has 1 saturated heterocycles. The maximum atomic E-state index is 5.46. The lowest BCUT2D eigenvalue weighted by molar-refractivity contribution is 0.0843. The Morgan fingerprint density at radius 3 is 2.90 bits per heavy atom. The van der Waals surface area contributed by atoms with E-state index in [0.29, 0.717) is 12.0 Å². The highest BCUT2D eigenvalue weighted by atomic mass is 16.5. The minimum atomic E-state index is 0.295. The van der Waals surface area contributed by atoms with Gasteiger partial charge in [0.2, 0.25) is 0 Å².